The van der Waals surface area contributed by atoms with E-state index >= 15 is 0 Å². The summed E-state index contributed by atoms with van der Waals surface area (Å²) in [6.45, 7) is 5.53. The topological polar surface area (TPSA) is 94.2 Å². The van der Waals surface area contributed by atoms with Crippen LogP contribution in [0.3, 0.4) is 0 Å². The van der Waals surface area contributed by atoms with Crippen LogP contribution < -0.4 is 14.8 Å². The van der Waals surface area contributed by atoms with E-state index in [0.29, 0.717) is 43.5 Å². The Kier molecular flexibility index (Phi) is 9.31. The van der Waals surface area contributed by atoms with Crippen molar-refractivity contribution in [2.75, 3.05) is 32.9 Å². The standard InChI is InChI=1S/C26H32N2O6/c1-19(2)12-15-34-24(29)18-22-25(30)27-13-14-28(22)26(31)21-10-6-7-11-23(21)33-17-16-32-20-8-4-3-5-9-20/h3-11,19,22H,12-18H2,1-2H3,(H,27,30). The highest BCUT2D eigenvalue weighted by Gasteiger charge is 2.36. The van der Waals surface area contributed by atoms with Gasteiger partial charge in [0.1, 0.15) is 30.8 Å². The molecule has 1 unspecified atom stereocenters. The zero-order valence-electron chi connectivity index (χ0n) is 19.7. The Hall–Kier alpha value is -3.55. The average molecular weight is 469 g/mol. The summed E-state index contributed by atoms with van der Waals surface area (Å²) in [7, 11) is 0. The summed E-state index contributed by atoms with van der Waals surface area (Å²) in [5.74, 6) is 0.303. The minimum atomic E-state index is -0.928. The van der Waals surface area contributed by atoms with Crippen molar-refractivity contribution in [3.63, 3.8) is 0 Å². The van der Waals surface area contributed by atoms with Gasteiger partial charge in [0, 0.05) is 13.1 Å². The van der Waals surface area contributed by atoms with Gasteiger partial charge >= 0.3 is 5.97 Å². The first-order chi connectivity index (χ1) is 16.5. The van der Waals surface area contributed by atoms with Crippen molar-refractivity contribution in [2.45, 2.75) is 32.7 Å². The van der Waals surface area contributed by atoms with Crippen LogP contribution in [0, 0.1) is 5.92 Å². The van der Waals surface area contributed by atoms with Gasteiger partial charge in [-0.15, -0.1) is 0 Å². The lowest BCUT2D eigenvalue weighted by molar-refractivity contribution is -0.148. The first-order valence-corrected chi connectivity index (χ1v) is 11.6. The average Bonchev–Trinajstić information content (AvgIpc) is 2.83. The molecule has 1 heterocycles. The van der Waals surface area contributed by atoms with Gasteiger partial charge in [0.15, 0.2) is 0 Å². The highest BCUT2D eigenvalue weighted by Crippen LogP contribution is 2.23. The Morgan fingerprint density at radius 3 is 2.47 bits per heavy atom. The molecule has 3 rings (SSSR count). The highest BCUT2D eigenvalue weighted by molar-refractivity contribution is 6.01. The molecule has 0 spiro atoms. The number of ether oxygens (including phenoxy) is 3. The minimum absolute atomic E-state index is 0.191. The number of amides is 2. The van der Waals surface area contributed by atoms with Gasteiger partial charge in [0.2, 0.25) is 5.91 Å². The molecule has 1 aliphatic heterocycles. The summed E-state index contributed by atoms with van der Waals surface area (Å²) < 4.78 is 16.7. The minimum Gasteiger partial charge on any atom is -0.490 e. The van der Waals surface area contributed by atoms with Gasteiger partial charge in [-0.1, -0.05) is 44.2 Å². The molecule has 2 aromatic rings. The van der Waals surface area contributed by atoms with Gasteiger partial charge in [-0.2, -0.15) is 0 Å². The largest absolute Gasteiger partial charge is 0.490 e. The predicted molar refractivity (Wildman–Crippen MR) is 127 cm³/mol. The van der Waals surface area contributed by atoms with Crippen molar-refractivity contribution >= 4 is 17.8 Å². The molecule has 0 aliphatic carbocycles. The number of hydrogen-bond acceptors (Lipinski definition) is 6. The molecule has 34 heavy (non-hydrogen) atoms. The highest BCUT2D eigenvalue weighted by atomic mass is 16.5. The Labute approximate surface area is 200 Å². The molecule has 182 valence electrons. The number of nitrogens with zero attached hydrogens (tertiary/aromatic N) is 1. The SMILES string of the molecule is CC(C)CCOC(=O)CC1C(=O)NCCN1C(=O)c1ccccc1OCCOc1ccccc1. The summed E-state index contributed by atoms with van der Waals surface area (Å²) in [4.78, 5) is 39.7. The Balaban J connectivity index is 1.63. The van der Waals surface area contributed by atoms with Gasteiger partial charge in [-0.05, 0) is 36.6 Å². The molecule has 8 heteroatoms. The Morgan fingerprint density at radius 1 is 1.00 bits per heavy atom. The van der Waals surface area contributed by atoms with E-state index in [0.717, 1.165) is 12.2 Å². The lowest BCUT2D eigenvalue weighted by atomic mass is 10.1. The van der Waals surface area contributed by atoms with Crippen molar-refractivity contribution in [2.24, 2.45) is 5.92 Å². The molecule has 0 aromatic heterocycles. The van der Waals surface area contributed by atoms with E-state index in [4.69, 9.17) is 14.2 Å². The molecule has 1 aliphatic rings. The number of esters is 1. The number of nitrogens with one attached hydrogen (secondary N) is 1. The molecule has 0 radical (unpaired) electrons. The van der Waals surface area contributed by atoms with Crippen LogP contribution in [0.15, 0.2) is 54.6 Å². The van der Waals surface area contributed by atoms with E-state index < -0.39 is 12.0 Å². The van der Waals surface area contributed by atoms with Crippen molar-refractivity contribution in [3.8, 4) is 11.5 Å². The molecule has 1 saturated heterocycles. The fraction of sp³-hybridized carbons (Fsp3) is 0.423. The summed E-state index contributed by atoms with van der Waals surface area (Å²) in [6.07, 6.45) is 0.549. The molecule has 2 aromatic carbocycles. The maximum atomic E-state index is 13.4. The predicted octanol–water partition coefficient (Wildman–Crippen LogP) is 3.06. The first kappa shape index (κ1) is 25.1. The van der Waals surface area contributed by atoms with Crippen LogP contribution in [0.2, 0.25) is 0 Å². The molecule has 0 saturated carbocycles. The van der Waals surface area contributed by atoms with Crippen LogP contribution in [-0.2, 0) is 14.3 Å². The van der Waals surface area contributed by atoms with E-state index in [1.807, 2.05) is 44.2 Å². The van der Waals surface area contributed by atoms with Crippen LogP contribution in [0.4, 0.5) is 0 Å². The molecule has 2 amide bonds. The number of para-hydroxylation sites is 2. The summed E-state index contributed by atoms with van der Waals surface area (Å²) in [6, 6.07) is 15.3. The number of hydrogen-bond donors (Lipinski definition) is 1. The Morgan fingerprint density at radius 2 is 1.71 bits per heavy atom. The second kappa shape index (κ2) is 12.6. The quantitative estimate of drug-likeness (QED) is 0.402. The second-order valence-electron chi connectivity index (χ2n) is 8.42. The van der Waals surface area contributed by atoms with Gasteiger partial charge in [-0.25, -0.2) is 0 Å². The number of carbonyl (C=O) groups is 3. The number of benzene rings is 2. The van der Waals surface area contributed by atoms with E-state index in [-0.39, 0.29) is 24.8 Å². The van der Waals surface area contributed by atoms with Crippen molar-refractivity contribution < 1.29 is 28.6 Å². The summed E-state index contributed by atoms with van der Waals surface area (Å²) >= 11 is 0. The van der Waals surface area contributed by atoms with Crippen LogP contribution in [0.1, 0.15) is 37.0 Å². The fourth-order valence-electron chi connectivity index (χ4n) is 3.54. The van der Waals surface area contributed by atoms with Gasteiger partial charge in [0.05, 0.1) is 18.6 Å². The smallest absolute Gasteiger partial charge is 0.308 e. The third kappa shape index (κ3) is 7.23. The van der Waals surface area contributed by atoms with Crippen molar-refractivity contribution in [1.82, 2.24) is 10.2 Å². The molecule has 1 atom stereocenters. The molecular weight excluding hydrogens is 436 g/mol. The molecule has 8 nitrogen and oxygen atoms in total. The maximum absolute atomic E-state index is 13.4. The first-order valence-electron chi connectivity index (χ1n) is 11.6. The van der Waals surface area contributed by atoms with Crippen molar-refractivity contribution in [3.05, 3.63) is 60.2 Å². The summed E-state index contributed by atoms with van der Waals surface area (Å²) in [5.41, 5.74) is 0.329. The molecule has 1 N–H and O–H groups in total. The zero-order chi connectivity index (χ0) is 24.3. The van der Waals surface area contributed by atoms with Crippen molar-refractivity contribution in [1.29, 1.82) is 0 Å². The monoisotopic (exact) mass is 468 g/mol. The van der Waals surface area contributed by atoms with Crippen LogP contribution >= 0.6 is 0 Å². The van der Waals surface area contributed by atoms with Gasteiger partial charge in [0.25, 0.3) is 5.91 Å². The van der Waals surface area contributed by atoms with Gasteiger partial charge < -0.3 is 24.4 Å². The molecule has 0 bridgehead atoms. The fourth-order valence-corrected chi connectivity index (χ4v) is 3.54. The lowest BCUT2D eigenvalue weighted by Crippen LogP contribution is -2.57. The lowest BCUT2D eigenvalue weighted by Gasteiger charge is -2.34. The molecule has 1 fully saturated rings. The van der Waals surface area contributed by atoms with E-state index in [2.05, 4.69) is 5.32 Å². The summed E-state index contributed by atoms with van der Waals surface area (Å²) in [5, 5.41) is 2.73. The van der Waals surface area contributed by atoms with Crippen LogP contribution in [0.5, 0.6) is 11.5 Å². The van der Waals surface area contributed by atoms with E-state index in [9.17, 15) is 14.4 Å². The Bertz CT molecular complexity index is 963. The van der Waals surface area contributed by atoms with Crippen LogP contribution in [-0.4, -0.2) is 61.6 Å². The third-order valence-corrected chi connectivity index (χ3v) is 5.38. The second-order valence-corrected chi connectivity index (χ2v) is 8.42. The van der Waals surface area contributed by atoms with E-state index in [1.165, 1.54) is 4.90 Å². The number of carbonyl (C=O) groups excluding carboxylic acids is 3. The normalized spacial score (nSPS) is 15.6. The van der Waals surface area contributed by atoms with Gasteiger partial charge in [-0.3, -0.25) is 14.4 Å². The zero-order valence-corrected chi connectivity index (χ0v) is 19.7. The van der Waals surface area contributed by atoms with Crippen LogP contribution in [0.25, 0.3) is 0 Å². The number of piperazine rings is 1. The molecular formula is C26H32N2O6. The third-order valence-electron chi connectivity index (χ3n) is 5.38. The maximum Gasteiger partial charge on any atom is 0.308 e. The number of rotatable bonds is 11. The van der Waals surface area contributed by atoms with E-state index in [1.54, 1.807) is 24.3 Å².